The minimum atomic E-state index is -4.55. The van der Waals surface area contributed by atoms with E-state index in [4.69, 9.17) is 9.47 Å². The number of carbonyl (C=O) groups is 2. The van der Waals surface area contributed by atoms with Crippen molar-refractivity contribution in [1.82, 2.24) is 4.98 Å². The van der Waals surface area contributed by atoms with Gasteiger partial charge in [-0.3, -0.25) is 9.59 Å². The number of hydrogen-bond acceptors (Lipinski definition) is 6. The van der Waals surface area contributed by atoms with Crippen molar-refractivity contribution in [3.63, 3.8) is 0 Å². The van der Waals surface area contributed by atoms with Gasteiger partial charge >= 0.3 is 12.1 Å². The summed E-state index contributed by atoms with van der Waals surface area (Å²) in [5, 5.41) is 2.68. The van der Waals surface area contributed by atoms with Crippen molar-refractivity contribution in [1.29, 1.82) is 0 Å². The number of rotatable bonds is 7. The van der Waals surface area contributed by atoms with Gasteiger partial charge in [-0.05, 0) is 51.0 Å². The highest BCUT2D eigenvalue weighted by molar-refractivity contribution is 5.96. The summed E-state index contributed by atoms with van der Waals surface area (Å²) in [6.45, 7) is 4.05. The molecule has 0 radical (unpaired) electrons. The molecule has 0 spiro atoms. The van der Waals surface area contributed by atoms with Crippen LogP contribution in [0.2, 0.25) is 0 Å². The van der Waals surface area contributed by atoms with Crippen molar-refractivity contribution in [2.75, 3.05) is 29.9 Å². The lowest BCUT2D eigenvalue weighted by atomic mass is 9.97. The Morgan fingerprint density at radius 2 is 2.00 bits per heavy atom. The van der Waals surface area contributed by atoms with Crippen LogP contribution in [-0.4, -0.2) is 42.7 Å². The molecule has 1 aromatic heterocycles. The molecule has 2 heterocycles. The number of nitrogens with one attached hydrogen (secondary N) is 1. The molecule has 2 aromatic rings. The molecule has 1 aliphatic rings. The Labute approximate surface area is 189 Å². The molecule has 1 aliphatic heterocycles. The number of alkyl halides is 3. The molecule has 0 aliphatic carbocycles. The summed E-state index contributed by atoms with van der Waals surface area (Å²) in [6.07, 6.45) is -3.41. The monoisotopic (exact) mass is 465 g/mol. The molecular weight excluding hydrogens is 439 g/mol. The molecule has 3 rings (SSSR count). The van der Waals surface area contributed by atoms with E-state index in [0.29, 0.717) is 37.4 Å². The molecule has 7 nitrogen and oxygen atoms in total. The van der Waals surface area contributed by atoms with Crippen molar-refractivity contribution in [2.45, 2.75) is 39.0 Å². The minimum Gasteiger partial charge on any atom is -0.492 e. The highest BCUT2D eigenvalue weighted by Crippen LogP contribution is 2.36. The fourth-order valence-corrected chi connectivity index (χ4v) is 3.64. The fourth-order valence-electron chi connectivity index (χ4n) is 3.64. The van der Waals surface area contributed by atoms with Gasteiger partial charge in [0.15, 0.2) is 6.10 Å². The number of anilines is 2. The number of aromatic nitrogens is 1. The molecular formula is C23H26F3N3O4. The minimum absolute atomic E-state index is 0.0282. The topological polar surface area (TPSA) is 80.8 Å². The Bertz CT molecular complexity index is 983. The summed E-state index contributed by atoms with van der Waals surface area (Å²) >= 11 is 0. The Morgan fingerprint density at radius 1 is 1.24 bits per heavy atom. The van der Waals surface area contributed by atoms with Crippen LogP contribution in [0.1, 0.15) is 32.3 Å². The number of nitrogens with zero attached hydrogens (tertiary/aromatic N) is 2. The molecule has 2 atom stereocenters. The first-order valence-electron chi connectivity index (χ1n) is 10.7. The van der Waals surface area contributed by atoms with E-state index in [1.807, 2.05) is 6.92 Å². The number of esters is 1. The third kappa shape index (κ3) is 6.15. The Kier molecular flexibility index (Phi) is 7.78. The highest BCUT2D eigenvalue weighted by atomic mass is 19.4. The first kappa shape index (κ1) is 24.3. The van der Waals surface area contributed by atoms with Crippen molar-refractivity contribution >= 4 is 23.4 Å². The SMILES string of the molecule is CCOc1ccccc1NC(=O)C(C)OC(=O)C1CCCN(c2ncccc2C(F)(F)F)C1. The van der Waals surface area contributed by atoms with E-state index in [9.17, 15) is 22.8 Å². The highest BCUT2D eigenvalue weighted by Gasteiger charge is 2.38. The molecule has 2 unspecified atom stereocenters. The van der Waals surface area contributed by atoms with Crippen molar-refractivity contribution in [3.05, 3.63) is 48.2 Å². The molecule has 1 fully saturated rings. The van der Waals surface area contributed by atoms with Gasteiger partial charge in [0.05, 0.1) is 23.8 Å². The predicted molar refractivity (Wildman–Crippen MR) is 116 cm³/mol. The normalized spacial score (nSPS) is 17.2. The number of pyridine rings is 1. The molecule has 0 saturated carbocycles. The largest absolute Gasteiger partial charge is 0.492 e. The van der Waals surface area contributed by atoms with Gasteiger partial charge in [-0.15, -0.1) is 0 Å². The summed E-state index contributed by atoms with van der Waals surface area (Å²) in [5.74, 6) is -1.56. The van der Waals surface area contributed by atoms with Crippen LogP contribution >= 0.6 is 0 Å². The van der Waals surface area contributed by atoms with Gasteiger partial charge in [-0.25, -0.2) is 4.98 Å². The number of para-hydroxylation sites is 2. The quantitative estimate of drug-likeness (QED) is 0.615. The Balaban J connectivity index is 1.63. The number of ether oxygens (including phenoxy) is 2. The lowest BCUT2D eigenvalue weighted by Gasteiger charge is -2.34. The third-order valence-electron chi connectivity index (χ3n) is 5.25. The lowest BCUT2D eigenvalue weighted by Crippen LogP contribution is -2.42. The zero-order valence-corrected chi connectivity index (χ0v) is 18.4. The third-order valence-corrected chi connectivity index (χ3v) is 5.25. The van der Waals surface area contributed by atoms with Crippen LogP contribution in [0.5, 0.6) is 5.75 Å². The standard InChI is InChI=1S/C23H26F3N3O4/c1-3-32-19-11-5-4-10-18(19)28-21(30)15(2)33-22(31)16-8-7-13-29(14-16)20-17(23(24,25)26)9-6-12-27-20/h4-6,9-12,15-16H,3,7-8,13-14H2,1-2H3,(H,28,30). The second-order valence-electron chi connectivity index (χ2n) is 7.66. The second kappa shape index (κ2) is 10.5. The summed E-state index contributed by atoms with van der Waals surface area (Å²) in [4.78, 5) is 30.6. The number of carbonyl (C=O) groups excluding carboxylic acids is 2. The second-order valence-corrected chi connectivity index (χ2v) is 7.66. The maximum absolute atomic E-state index is 13.4. The van der Waals surface area contributed by atoms with Gasteiger partial charge in [0.1, 0.15) is 11.6 Å². The first-order valence-corrected chi connectivity index (χ1v) is 10.7. The van der Waals surface area contributed by atoms with Gasteiger partial charge in [-0.2, -0.15) is 13.2 Å². The van der Waals surface area contributed by atoms with Gasteiger partial charge < -0.3 is 19.7 Å². The van der Waals surface area contributed by atoms with E-state index in [1.165, 1.54) is 24.1 Å². The molecule has 33 heavy (non-hydrogen) atoms. The summed E-state index contributed by atoms with van der Waals surface area (Å²) in [5.41, 5.74) is -0.398. The van der Waals surface area contributed by atoms with Crippen molar-refractivity contribution in [2.24, 2.45) is 5.92 Å². The first-order chi connectivity index (χ1) is 15.7. The van der Waals surface area contributed by atoms with Crippen LogP contribution in [-0.2, 0) is 20.5 Å². The molecule has 1 N–H and O–H groups in total. The van der Waals surface area contributed by atoms with Crippen LogP contribution in [0.25, 0.3) is 0 Å². The van der Waals surface area contributed by atoms with Crippen LogP contribution in [0, 0.1) is 5.92 Å². The molecule has 178 valence electrons. The summed E-state index contributed by atoms with van der Waals surface area (Å²) in [7, 11) is 0. The smallest absolute Gasteiger partial charge is 0.419 e. The average Bonchev–Trinajstić information content (AvgIpc) is 2.80. The van der Waals surface area contributed by atoms with E-state index < -0.39 is 35.6 Å². The molecule has 1 aromatic carbocycles. The van der Waals surface area contributed by atoms with Crippen LogP contribution < -0.4 is 15.0 Å². The van der Waals surface area contributed by atoms with E-state index >= 15 is 0 Å². The van der Waals surface area contributed by atoms with Crippen LogP contribution in [0.3, 0.4) is 0 Å². The average molecular weight is 465 g/mol. The van der Waals surface area contributed by atoms with E-state index in [1.54, 1.807) is 24.3 Å². The van der Waals surface area contributed by atoms with E-state index in [-0.39, 0.29) is 12.4 Å². The summed E-state index contributed by atoms with van der Waals surface area (Å²) in [6, 6.07) is 9.08. The maximum Gasteiger partial charge on any atom is 0.419 e. The van der Waals surface area contributed by atoms with Crippen molar-refractivity contribution in [3.8, 4) is 5.75 Å². The van der Waals surface area contributed by atoms with Gasteiger partial charge in [0.25, 0.3) is 5.91 Å². The Hall–Kier alpha value is -3.30. The number of halogens is 3. The molecule has 1 saturated heterocycles. The van der Waals surface area contributed by atoms with Crippen molar-refractivity contribution < 1.29 is 32.2 Å². The maximum atomic E-state index is 13.4. The fraction of sp³-hybridized carbons (Fsp3) is 0.435. The number of hydrogen-bond donors (Lipinski definition) is 1. The van der Waals surface area contributed by atoms with E-state index in [0.717, 1.165) is 6.07 Å². The van der Waals surface area contributed by atoms with Crippen LogP contribution in [0.15, 0.2) is 42.6 Å². The zero-order valence-electron chi connectivity index (χ0n) is 18.4. The lowest BCUT2D eigenvalue weighted by molar-refractivity contribution is -0.157. The van der Waals surface area contributed by atoms with Crippen LogP contribution in [0.4, 0.5) is 24.7 Å². The molecule has 10 heteroatoms. The summed E-state index contributed by atoms with van der Waals surface area (Å²) < 4.78 is 50.9. The molecule has 1 amide bonds. The predicted octanol–water partition coefficient (Wildman–Crippen LogP) is 4.29. The Morgan fingerprint density at radius 3 is 2.73 bits per heavy atom. The van der Waals surface area contributed by atoms with Gasteiger partial charge in [-0.1, -0.05) is 12.1 Å². The van der Waals surface area contributed by atoms with E-state index in [2.05, 4.69) is 10.3 Å². The molecule has 0 bridgehead atoms. The number of amides is 1. The zero-order chi connectivity index (χ0) is 24.0. The van der Waals surface area contributed by atoms with Gasteiger partial charge in [0, 0.05) is 19.3 Å². The van der Waals surface area contributed by atoms with Gasteiger partial charge in [0.2, 0.25) is 0 Å². The number of piperidine rings is 1. The number of benzene rings is 1.